The van der Waals surface area contributed by atoms with Crippen molar-refractivity contribution in [1.82, 2.24) is 14.8 Å². The van der Waals surface area contributed by atoms with Crippen LogP contribution in [0.3, 0.4) is 0 Å². The van der Waals surface area contributed by atoms with E-state index in [-0.39, 0.29) is 17.3 Å². The number of amides is 1. The molecule has 1 N–H and O–H groups in total. The molecule has 1 saturated heterocycles. The van der Waals surface area contributed by atoms with Gasteiger partial charge >= 0.3 is 0 Å². The minimum absolute atomic E-state index is 0.0931. The molecule has 19 heavy (non-hydrogen) atoms. The van der Waals surface area contributed by atoms with Crippen LogP contribution in [0.1, 0.15) is 17.3 Å². The molecule has 0 aromatic carbocycles. The van der Waals surface area contributed by atoms with Crippen LogP contribution in [-0.2, 0) is 0 Å². The fraction of sp³-hybridized carbons (Fsp3) is 0.538. The van der Waals surface area contributed by atoms with Crippen molar-refractivity contribution in [1.29, 1.82) is 0 Å². The number of anilines is 1. The maximum atomic E-state index is 14.2. The number of halogens is 1. The number of likely N-dealkylation sites (N-methyl/N-ethyl adjacent to an activating group) is 1. The molecule has 1 aromatic heterocycles. The van der Waals surface area contributed by atoms with Gasteiger partial charge in [0.05, 0.1) is 5.56 Å². The summed E-state index contributed by atoms with van der Waals surface area (Å²) < 4.78 is 14.2. The second-order valence-corrected chi connectivity index (χ2v) is 4.65. The zero-order valence-corrected chi connectivity index (χ0v) is 11.3. The summed E-state index contributed by atoms with van der Waals surface area (Å²) in [6.45, 7) is 5.32. The van der Waals surface area contributed by atoms with E-state index in [1.54, 1.807) is 4.90 Å². The van der Waals surface area contributed by atoms with Crippen molar-refractivity contribution in [3.8, 4) is 0 Å². The third kappa shape index (κ3) is 3.01. The van der Waals surface area contributed by atoms with Crippen molar-refractivity contribution < 1.29 is 9.18 Å². The van der Waals surface area contributed by atoms with E-state index in [1.807, 2.05) is 14.0 Å². The molecule has 6 heteroatoms. The van der Waals surface area contributed by atoms with E-state index in [2.05, 4.69) is 15.2 Å². The number of aromatic nitrogens is 1. The molecule has 1 fully saturated rings. The highest BCUT2D eigenvalue weighted by atomic mass is 19.1. The summed E-state index contributed by atoms with van der Waals surface area (Å²) in [4.78, 5) is 20.0. The fourth-order valence-corrected chi connectivity index (χ4v) is 2.08. The number of nitrogens with one attached hydrogen (secondary N) is 1. The third-order valence-corrected chi connectivity index (χ3v) is 3.25. The van der Waals surface area contributed by atoms with E-state index >= 15 is 0 Å². The maximum absolute atomic E-state index is 14.2. The van der Waals surface area contributed by atoms with Gasteiger partial charge in [0.2, 0.25) is 0 Å². The highest BCUT2D eigenvalue weighted by molar-refractivity contribution is 5.95. The second kappa shape index (κ2) is 5.97. The number of carbonyl (C=O) groups is 1. The molecule has 0 bridgehead atoms. The Labute approximate surface area is 112 Å². The summed E-state index contributed by atoms with van der Waals surface area (Å²) in [5, 5.41) is 2.82. The Morgan fingerprint density at radius 3 is 2.74 bits per heavy atom. The molecule has 2 heterocycles. The van der Waals surface area contributed by atoms with Gasteiger partial charge in [-0.15, -0.1) is 0 Å². The maximum Gasteiger partial charge on any atom is 0.257 e. The lowest BCUT2D eigenvalue weighted by Crippen LogP contribution is -2.47. The molecular formula is C13H19FN4O. The smallest absolute Gasteiger partial charge is 0.257 e. The van der Waals surface area contributed by atoms with Gasteiger partial charge in [-0.25, -0.2) is 9.37 Å². The lowest BCUT2D eigenvalue weighted by molar-refractivity contribution is 0.0659. The molecule has 0 unspecified atom stereocenters. The number of hydrogen-bond donors (Lipinski definition) is 1. The van der Waals surface area contributed by atoms with Crippen molar-refractivity contribution in [2.45, 2.75) is 6.92 Å². The summed E-state index contributed by atoms with van der Waals surface area (Å²) in [6.07, 6.45) is 1.46. The predicted octanol–water partition coefficient (Wildman–Crippen LogP) is 1.04. The topological polar surface area (TPSA) is 48.5 Å². The quantitative estimate of drug-likeness (QED) is 0.888. The van der Waals surface area contributed by atoms with Gasteiger partial charge in [-0.2, -0.15) is 0 Å². The SMILES string of the molecule is CCNc1nccc(C(=O)N2CCN(C)CC2)c1F. The van der Waals surface area contributed by atoms with Gasteiger partial charge in [-0.05, 0) is 20.0 Å². The van der Waals surface area contributed by atoms with Crippen molar-refractivity contribution in [2.24, 2.45) is 0 Å². The molecule has 0 aliphatic carbocycles. The molecule has 1 aliphatic rings. The number of hydrogen-bond acceptors (Lipinski definition) is 4. The van der Waals surface area contributed by atoms with E-state index in [9.17, 15) is 9.18 Å². The first-order chi connectivity index (χ1) is 9.13. The van der Waals surface area contributed by atoms with Gasteiger partial charge in [-0.3, -0.25) is 4.79 Å². The van der Waals surface area contributed by atoms with Gasteiger partial charge in [0, 0.05) is 38.9 Å². The Kier molecular flexibility index (Phi) is 4.31. The average Bonchev–Trinajstić information content (AvgIpc) is 2.41. The van der Waals surface area contributed by atoms with E-state index < -0.39 is 5.82 Å². The molecule has 0 radical (unpaired) electrons. The Hall–Kier alpha value is -1.69. The van der Waals surface area contributed by atoms with Gasteiger partial charge in [-0.1, -0.05) is 0 Å². The largest absolute Gasteiger partial charge is 0.368 e. The Bertz CT molecular complexity index is 458. The number of rotatable bonds is 3. The molecule has 5 nitrogen and oxygen atoms in total. The van der Waals surface area contributed by atoms with Gasteiger partial charge < -0.3 is 15.1 Å². The predicted molar refractivity (Wildman–Crippen MR) is 71.8 cm³/mol. The zero-order chi connectivity index (χ0) is 13.8. The Balaban J connectivity index is 2.17. The Morgan fingerprint density at radius 2 is 2.11 bits per heavy atom. The molecule has 0 saturated carbocycles. The van der Waals surface area contributed by atoms with E-state index in [0.717, 1.165) is 13.1 Å². The van der Waals surface area contributed by atoms with Gasteiger partial charge in [0.15, 0.2) is 11.6 Å². The van der Waals surface area contributed by atoms with Crippen molar-refractivity contribution >= 4 is 11.7 Å². The van der Waals surface area contributed by atoms with Crippen molar-refractivity contribution in [2.75, 3.05) is 45.1 Å². The van der Waals surface area contributed by atoms with Crippen LogP contribution in [-0.4, -0.2) is 60.5 Å². The first-order valence-electron chi connectivity index (χ1n) is 6.49. The summed E-state index contributed by atoms with van der Waals surface area (Å²) >= 11 is 0. The molecular weight excluding hydrogens is 247 g/mol. The first kappa shape index (κ1) is 13.7. The van der Waals surface area contributed by atoms with Gasteiger partial charge in [0.1, 0.15) is 0 Å². The lowest BCUT2D eigenvalue weighted by Gasteiger charge is -2.32. The molecule has 0 spiro atoms. The lowest BCUT2D eigenvalue weighted by atomic mass is 10.2. The van der Waals surface area contributed by atoms with Crippen molar-refractivity contribution in [3.63, 3.8) is 0 Å². The second-order valence-electron chi connectivity index (χ2n) is 4.65. The summed E-state index contributed by atoms with van der Waals surface area (Å²) in [6, 6.07) is 1.44. The summed E-state index contributed by atoms with van der Waals surface area (Å²) in [7, 11) is 2.01. The number of carbonyl (C=O) groups excluding carboxylic acids is 1. The van der Waals surface area contributed by atoms with Crippen LogP contribution >= 0.6 is 0 Å². The normalized spacial score (nSPS) is 16.5. The minimum atomic E-state index is -0.562. The molecule has 2 rings (SSSR count). The van der Waals surface area contributed by atoms with Crippen LogP contribution in [0, 0.1) is 5.82 Å². The number of pyridine rings is 1. The Morgan fingerprint density at radius 1 is 1.42 bits per heavy atom. The first-order valence-corrected chi connectivity index (χ1v) is 6.49. The van der Waals surface area contributed by atoms with Crippen LogP contribution in [0.4, 0.5) is 10.2 Å². The molecule has 104 valence electrons. The standard InChI is InChI=1S/C13H19FN4O/c1-3-15-12-11(14)10(4-5-16-12)13(19)18-8-6-17(2)7-9-18/h4-5H,3,6-9H2,1-2H3,(H,15,16). The minimum Gasteiger partial charge on any atom is -0.368 e. The summed E-state index contributed by atoms with van der Waals surface area (Å²) in [5.41, 5.74) is 0.0931. The van der Waals surface area contributed by atoms with E-state index in [4.69, 9.17) is 0 Å². The monoisotopic (exact) mass is 266 g/mol. The molecule has 0 atom stereocenters. The van der Waals surface area contributed by atoms with Crippen LogP contribution < -0.4 is 5.32 Å². The summed E-state index contributed by atoms with van der Waals surface area (Å²) in [5.74, 6) is -0.678. The van der Waals surface area contributed by atoms with Crippen LogP contribution in [0.25, 0.3) is 0 Å². The highest BCUT2D eigenvalue weighted by Gasteiger charge is 2.24. The highest BCUT2D eigenvalue weighted by Crippen LogP contribution is 2.17. The van der Waals surface area contributed by atoms with Crippen LogP contribution in [0.2, 0.25) is 0 Å². The third-order valence-electron chi connectivity index (χ3n) is 3.25. The fourth-order valence-electron chi connectivity index (χ4n) is 2.08. The van der Waals surface area contributed by atoms with Gasteiger partial charge in [0.25, 0.3) is 5.91 Å². The van der Waals surface area contributed by atoms with E-state index in [1.165, 1.54) is 12.3 Å². The van der Waals surface area contributed by atoms with Crippen LogP contribution in [0.5, 0.6) is 0 Å². The number of nitrogens with zero attached hydrogens (tertiary/aromatic N) is 3. The molecule has 1 amide bonds. The molecule has 1 aliphatic heterocycles. The average molecular weight is 266 g/mol. The zero-order valence-electron chi connectivity index (χ0n) is 11.3. The van der Waals surface area contributed by atoms with Crippen LogP contribution in [0.15, 0.2) is 12.3 Å². The molecule has 1 aromatic rings. The van der Waals surface area contributed by atoms with Crippen molar-refractivity contribution in [3.05, 3.63) is 23.6 Å². The number of piperazine rings is 1. The van der Waals surface area contributed by atoms with E-state index in [0.29, 0.717) is 19.6 Å².